The zero-order chi connectivity index (χ0) is 16.1. The summed E-state index contributed by atoms with van der Waals surface area (Å²) in [6.45, 7) is 6.23. The summed E-state index contributed by atoms with van der Waals surface area (Å²) in [5.74, 6) is -1.78. The number of rotatable bonds is 5. The second-order valence-electron chi connectivity index (χ2n) is 5.97. The van der Waals surface area contributed by atoms with Gasteiger partial charge in [0.25, 0.3) is 11.7 Å². The van der Waals surface area contributed by atoms with Gasteiger partial charge >= 0.3 is 0 Å². The van der Waals surface area contributed by atoms with Crippen molar-refractivity contribution in [3.63, 3.8) is 0 Å². The van der Waals surface area contributed by atoms with Gasteiger partial charge in [-0.1, -0.05) is 18.7 Å². The van der Waals surface area contributed by atoms with Gasteiger partial charge in [-0.3, -0.25) is 4.79 Å². The second-order valence-corrected chi connectivity index (χ2v) is 7.04. The van der Waals surface area contributed by atoms with E-state index in [2.05, 4.69) is 12.2 Å². The molecule has 1 aromatic rings. The van der Waals surface area contributed by atoms with Crippen LogP contribution in [0.15, 0.2) is 29.2 Å². The Morgan fingerprint density at radius 3 is 2.64 bits per heavy atom. The maximum absolute atomic E-state index is 12.3. The van der Waals surface area contributed by atoms with Crippen molar-refractivity contribution >= 4 is 23.4 Å². The third-order valence-corrected chi connectivity index (χ3v) is 4.88. The number of carbonyl (C=O) groups excluding carboxylic acids is 1. The highest BCUT2D eigenvalue weighted by Gasteiger charge is 2.29. The van der Waals surface area contributed by atoms with Gasteiger partial charge in [-0.25, -0.2) is 0 Å². The first-order chi connectivity index (χ1) is 10.5. The molecule has 0 aromatic heterocycles. The first-order valence-corrected chi connectivity index (χ1v) is 8.54. The number of piperidine rings is 1. The molecule has 3 nitrogen and oxygen atoms in total. The SMILES string of the molecule is C[C@@H]1CCC[NH+]([C@@H](C)C(=O)Nc2ccc(SC(F)F)cc2)C1. The number of carbonyl (C=O) groups is 1. The van der Waals surface area contributed by atoms with E-state index in [1.54, 1.807) is 24.3 Å². The highest BCUT2D eigenvalue weighted by molar-refractivity contribution is 7.99. The maximum Gasteiger partial charge on any atom is 0.288 e. The summed E-state index contributed by atoms with van der Waals surface area (Å²) in [4.78, 5) is 14.1. The quantitative estimate of drug-likeness (QED) is 0.814. The molecule has 1 saturated heterocycles. The second kappa shape index (κ2) is 7.92. The highest BCUT2D eigenvalue weighted by Crippen LogP contribution is 2.26. The molecule has 1 amide bonds. The lowest BCUT2D eigenvalue weighted by atomic mass is 9.99. The van der Waals surface area contributed by atoms with E-state index in [0.29, 0.717) is 28.3 Å². The number of hydrogen-bond acceptors (Lipinski definition) is 2. The molecule has 1 unspecified atom stereocenters. The average molecular weight is 329 g/mol. The first kappa shape index (κ1) is 17.2. The Morgan fingerprint density at radius 1 is 1.36 bits per heavy atom. The summed E-state index contributed by atoms with van der Waals surface area (Å²) in [7, 11) is 0. The van der Waals surface area contributed by atoms with E-state index in [9.17, 15) is 13.6 Å². The predicted octanol–water partition coefficient (Wildman–Crippen LogP) is 2.64. The molecule has 0 aliphatic carbocycles. The fourth-order valence-corrected chi connectivity index (χ4v) is 3.38. The van der Waals surface area contributed by atoms with Crippen molar-refractivity contribution in [2.24, 2.45) is 5.92 Å². The van der Waals surface area contributed by atoms with Crippen molar-refractivity contribution in [3.05, 3.63) is 24.3 Å². The summed E-state index contributed by atoms with van der Waals surface area (Å²) in [5, 5.41) is 2.88. The van der Waals surface area contributed by atoms with Crippen LogP contribution in [0.5, 0.6) is 0 Å². The number of halogens is 2. The highest BCUT2D eigenvalue weighted by atomic mass is 32.2. The van der Waals surface area contributed by atoms with Gasteiger partial charge < -0.3 is 10.2 Å². The number of quaternary nitrogens is 1. The molecule has 1 aliphatic rings. The molecule has 3 atom stereocenters. The third-order valence-electron chi connectivity index (χ3n) is 4.16. The summed E-state index contributed by atoms with van der Waals surface area (Å²) in [6, 6.07) is 6.45. The number of hydrogen-bond donors (Lipinski definition) is 2. The summed E-state index contributed by atoms with van der Waals surface area (Å²) >= 11 is 0.505. The standard InChI is InChI=1S/C16H22F2N2OS/c1-11-4-3-9-20(10-11)12(2)15(21)19-13-5-7-14(8-6-13)22-16(17)18/h5-8,11-12,16H,3-4,9-10H2,1-2H3,(H,19,21)/p+1/t11-,12+/m1/s1. The maximum atomic E-state index is 12.3. The molecule has 0 radical (unpaired) electrons. The van der Waals surface area contributed by atoms with E-state index in [0.717, 1.165) is 19.5 Å². The topological polar surface area (TPSA) is 33.5 Å². The van der Waals surface area contributed by atoms with Crippen LogP contribution >= 0.6 is 11.8 Å². The zero-order valence-electron chi connectivity index (χ0n) is 12.9. The lowest BCUT2D eigenvalue weighted by Crippen LogP contribution is -3.17. The van der Waals surface area contributed by atoms with Crippen molar-refractivity contribution in [2.45, 2.75) is 43.4 Å². The third kappa shape index (κ3) is 4.95. The molecule has 1 heterocycles. The lowest BCUT2D eigenvalue weighted by molar-refractivity contribution is -0.922. The summed E-state index contributed by atoms with van der Waals surface area (Å²) in [5.41, 5.74) is 0.653. The molecule has 2 N–H and O–H groups in total. The molecule has 1 fully saturated rings. The number of alkyl halides is 2. The van der Waals surface area contributed by atoms with Crippen LogP contribution in [-0.4, -0.2) is 30.8 Å². The van der Waals surface area contributed by atoms with E-state index in [4.69, 9.17) is 0 Å². The van der Waals surface area contributed by atoms with Crippen molar-refractivity contribution in [3.8, 4) is 0 Å². The lowest BCUT2D eigenvalue weighted by Gasteiger charge is -2.31. The van der Waals surface area contributed by atoms with Crippen molar-refractivity contribution in [1.29, 1.82) is 0 Å². The van der Waals surface area contributed by atoms with Crippen molar-refractivity contribution in [1.82, 2.24) is 0 Å². The first-order valence-electron chi connectivity index (χ1n) is 7.66. The fraction of sp³-hybridized carbons (Fsp3) is 0.562. The van der Waals surface area contributed by atoms with E-state index >= 15 is 0 Å². The molecule has 0 spiro atoms. The van der Waals surface area contributed by atoms with Gasteiger partial charge in [-0.2, -0.15) is 8.78 Å². The van der Waals surface area contributed by atoms with E-state index in [-0.39, 0.29) is 11.9 Å². The minimum Gasteiger partial charge on any atom is -0.325 e. The minimum absolute atomic E-state index is 0.0154. The van der Waals surface area contributed by atoms with Crippen molar-refractivity contribution < 1.29 is 18.5 Å². The smallest absolute Gasteiger partial charge is 0.288 e. The van der Waals surface area contributed by atoms with Gasteiger partial charge in [0.1, 0.15) is 0 Å². The Bertz CT molecular complexity index is 495. The van der Waals surface area contributed by atoms with Crippen LogP contribution in [0, 0.1) is 5.92 Å². The van der Waals surface area contributed by atoms with Gasteiger partial charge in [0.05, 0.1) is 13.1 Å². The Kier molecular flexibility index (Phi) is 6.20. The zero-order valence-corrected chi connectivity index (χ0v) is 13.8. The largest absolute Gasteiger partial charge is 0.325 e. The molecule has 22 heavy (non-hydrogen) atoms. The van der Waals surface area contributed by atoms with Crippen LogP contribution in [-0.2, 0) is 4.79 Å². The number of amides is 1. The van der Waals surface area contributed by atoms with Gasteiger partial charge in [-0.15, -0.1) is 0 Å². The molecule has 0 bridgehead atoms. The van der Waals surface area contributed by atoms with Crippen LogP contribution in [0.3, 0.4) is 0 Å². The normalized spacial score (nSPS) is 23.3. The summed E-state index contributed by atoms with van der Waals surface area (Å²) < 4.78 is 24.5. The minimum atomic E-state index is -2.43. The van der Waals surface area contributed by atoms with E-state index < -0.39 is 5.76 Å². The monoisotopic (exact) mass is 329 g/mol. The molecule has 0 saturated carbocycles. The Labute approximate surface area is 134 Å². The molecular weight excluding hydrogens is 306 g/mol. The number of benzene rings is 1. The van der Waals surface area contributed by atoms with E-state index in [1.165, 1.54) is 11.3 Å². The van der Waals surface area contributed by atoms with Crippen molar-refractivity contribution in [2.75, 3.05) is 18.4 Å². The molecule has 122 valence electrons. The Balaban J connectivity index is 1.90. The average Bonchev–Trinajstić information content (AvgIpc) is 2.48. The van der Waals surface area contributed by atoms with Crippen LogP contribution in [0.4, 0.5) is 14.5 Å². The number of nitrogens with one attached hydrogen (secondary N) is 2. The predicted molar refractivity (Wildman–Crippen MR) is 85.5 cm³/mol. The number of thioether (sulfide) groups is 1. The van der Waals surface area contributed by atoms with Crippen LogP contribution in [0.2, 0.25) is 0 Å². The van der Waals surface area contributed by atoms with Gasteiger partial charge in [0.15, 0.2) is 6.04 Å². The fourth-order valence-electron chi connectivity index (χ4n) is 2.88. The van der Waals surface area contributed by atoms with Gasteiger partial charge in [0, 0.05) is 16.5 Å². The Hall–Kier alpha value is -1.14. The molecule has 1 aliphatic heterocycles. The summed E-state index contributed by atoms with van der Waals surface area (Å²) in [6.07, 6.45) is 2.40. The number of likely N-dealkylation sites (tertiary alicyclic amines) is 1. The molecule has 1 aromatic carbocycles. The van der Waals surface area contributed by atoms with Crippen LogP contribution < -0.4 is 10.2 Å². The molecule has 2 rings (SSSR count). The van der Waals surface area contributed by atoms with E-state index in [1.807, 2.05) is 6.92 Å². The molecular formula is C16H23F2N2OS+. The van der Waals surface area contributed by atoms with Gasteiger partial charge in [-0.05, 0) is 44.0 Å². The Morgan fingerprint density at radius 2 is 2.05 bits per heavy atom. The van der Waals surface area contributed by atoms with Gasteiger partial charge in [0.2, 0.25) is 0 Å². The van der Waals surface area contributed by atoms with Crippen LogP contribution in [0.25, 0.3) is 0 Å². The number of anilines is 1. The molecule has 6 heteroatoms. The van der Waals surface area contributed by atoms with Crippen LogP contribution in [0.1, 0.15) is 26.7 Å².